The molecule has 3 heteroatoms. The Morgan fingerprint density at radius 3 is 3.06 bits per heavy atom. The van der Waals surface area contributed by atoms with Crippen LogP contribution < -0.4 is 10.5 Å². The first-order valence-corrected chi connectivity index (χ1v) is 7.02. The molecule has 1 aliphatic heterocycles. The van der Waals surface area contributed by atoms with Crippen LogP contribution in [0.25, 0.3) is 0 Å². The molecule has 0 bridgehead atoms. The van der Waals surface area contributed by atoms with Crippen LogP contribution in [0.4, 0.5) is 5.69 Å². The molecule has 18 heavy (non-hydrogen) atoms. The maximum atomic E-state index is 5.76. The van der Waals surface area contributed by atoms with Gasteiger partial charge in [0.2, 0.25) is 0 Å². The zero-order valence-electron chi connectivity index (χ0n) is 11.3. The van der Waals surface area contributed by atoms with Gasteiger partial charge in [-0.1, -0.05) is 19.4 Å². The van der Waals surface area contributed by atoms with Crippen LogP contribution >= 0.6 is 0 Å². The second kappa shape index (κ2) is 6.64. The summed E-state index contributed by atoms with van der Waals surface area (Å²) in [6.45, 7) is 5.27. The van der Waals surface area contributed by atoms with Gasteiger partial charge < -0.3 is 10.5 Å². The molecule has 0 radical (unpaired) electrons. The number of nitrogens with zero attached hydrogens (tertiary/aromatic N) is 1. The molecule has 1 aromatic rings. The maximum Gasteiger partial charge on any atom is 0.121 e. The van der Waals surface area contributed by atoms with Crippen LogP contribution in [0, 0.1) is 0 Å². The van der Waals surface area contributed by atoms with Crippen molar-refractivity contribution in [2.24, 2.45) is 0 Å². The van der Waals surface area contributed by atoms with Gasteiger partial charge in [-0.15, -0.1) is 0 Å². The van der Waals surface area contributed by atoms with Crippen LogP contribution in [0.3, 0.4) is 0 Å². The molecule has 2 N–H and O–H groups in total. The molecular weight excluding hydrogens is 224 g/mol. The minimum Gasteiger partial charge on any atom is -0.492 e. The Kier molecular flexibility index (Phi) is 4.88. The van der Waals surface area contributed by atoms with Gasteiger partial charge in [0.25, 0.3) is 0 Å². The zero-order chi connectivity index (χ0) is 12.8. The molecule has 3 nitrogen and oxygen atoms in total. The second-order valence-electron chi connectivity index (χ2n) is 5.01. The third kappa shape index (κ3) is 3.64. The minimum atomic E-state index is 0.750. The number of hydrogen-bond donors (Lipinski definition) is 1. The van der Waals surface area contributed by atoms with E-state index >= 15 is 0 Å². The summed E-state index contributed by atoms with van der Waals surface area (Å²) in [5.41, 5.74) is 6.49. The topological polar surface area (TPSA) is 38.5 Å². The fraction of sp³-hybridized carbons (Fsp3) is 0.600. The van der Waals surface area contributed by atoms with Crippen LogP contribution in [0.1, 0.15) is 32.6 Å². The van der Waals surface area contributed by atoms with Gasteiger partial charge in [0.1, 0.15) is 12.4 Å². The van der Waals surface area contributed by atoms with Crippen molar-refractivity contribution in [1.82, 2.24) is 4.90 Å². The average molecular weight is 248 g/mol. The van der Waals surface area contributed by atoms with Gasteiger partial charge in [0.05, 0.1) is 0 Å². The van der Waals surface area contributed by atoms with E-state index in [1.165, 1.54) is 32.2 Å². The van der Waals surface area contributed by atoms with Gasteiger partial charge in [-0.3, -0.25) is 4.90 Å². The zero-order valence-corrected chi connectivity index (χ0v) is 11.3. The number of likely N-dealkylation sites (tertiary alicyclic amines) is 1. The average Bonchev–Trinajstić information content (AvgIpc) is 2.39. The lowest BCUT2D eigenvalue weighted by atomic mass is 10.0. The second-order valence-corrected chi connectivity index (χ2v) is 5.01. The van der Waals surface area contributed by atoms with Crippen molar-refractivity contribution < 1.29 is 4.74 Å². The normalized spacial score (nSPS) is 20.8. The van der Waals surface area contributed by atoms with Crippen molar-refractivity contribution >= 4 is 5.69 Å². The molecule has 2 rings (SSSR count). The standard InChI is InChI=1S/C15H24N2O/c1-2-14-7-3-4-9-17(14)10-11-18-15-8-5-6-13(16)12-15/h5-6,8,12,14H,2-4,7,9-11,16H2,1H3. The van der Waals surface area contributed by atoms with Crippen LogP contribution in [-0.4, -0.2) is 30.6 Å². The van der Waals surface area contributed by atoms with Crippen LogP contribution in [0.15, 0.2) is 24.3 Å². The highest BCUT2D eigenvalue weighted by molar-refractivity contribution is 5.43. The van der Waals surface area contributed by atoms with E-state index in [1.54, 1.807) is 0 Å². The Labute approximate surface area is 110 Å². The van der Waals surface area contributed by atoms with Crippen LogP contribution in [-0.2, 0) is 0 Å². The number of nitrogen functional groups attached to an aromatic ring is 1. The molecule has 1 atom stereocenters. The molecule has 1 fully saturated rings. The van der Waals surface area contributed by atoms with E-state index in [0.29, 0.717) is 0 Å². The Morgan fingerprint density at radius 2 is 2.28 bits per heavy atom. The molecule has 1 aliphatic rings. The van der Waals surface area contributed by atoms with E-state index in [4.69, 9.17) is 10.5 Å². The summed E-state index contributed by atoms with van der Waals surface area (Å²) in [6.07, 6.45) is 5.30. The molecule has 1 unspecified atom stereocenters. The van der Waals surface area contributed by atoms with Crippen molar-refractivity contribution in [3.63, 3.8) is 0 Å². The Hall–Kier alpha value is -1.22. The molecule has 1 saturated heterocycles. The van der Waals surface area contributed by atoms with E-state index in [0.717, 1.165) is 30.6 Å². The van der Waals surface area contributed by atoms with Gasteiger partial charge in [-0.05, 0) is 37.9 Å². The number of anilines is 1. The Bertz CT molecular complexity index is 367. The fourth-order valence-corrected chi connectivity index (χ4v) is 2.70. The number of benzene rings is 1. The van der Waals surface area contributed by atoms with Gasteiger partial charge >= 0.3 is 0 Å². The maximum absolute atomic E-state index is 5.76. The first-order valence-electron chi connectivity index (χ1n) is 7.02. The number of ether oxygens (including phenoxy) is 1. The first kappa shape index (κ1) is 13.2. The van der Waals surface area contributed by atoms with Crippen molar-refractivity contribution in [2.45, 2.75) is 38.6 Å². The third-order valence-corrected chi connectivity index (χ3v) is 3.73. The van der Waals surface area contributed by atoms with Crippen molar-refractivity contribution in [1.29, 1.82) is 0 Å². The summed E-state index contributed by atoms with van der Waals surface area (Å²) in [6, 6.07) is 8.41. The van der Waals surface area contributed by atoms with E-state index in [1.807, 2.05) is 24.3 Å². The van der Waals surface area contributed by atoms with Crippen molar-refractivity contribution in [3.8, 4) is 5.75 Å². The summed E-state index contributed by atoms with van der Waals surface area (Å²) in [4.78, 5) is 2.57. The van der Waals surface area contributed by atoms with E-state index in [9.17, 15) is 0 Å². The smallest absolute Gasteiger partial charge is 0.121 e. The first-order chi connectivity index (χ1) is 8.79. The van der Waals surface area contributed by atoms with E-state index in [-0.39, 0.29) is 0 Å². The molecule has 0 aromatic heterocycles. The molecule has 0 spiro atoms. The number of hydrogen-bond acceptors (Lipinski definition) is 3. The van der Waals surface area contributed by atoms with Gasteiger partial charge in [0, 0.05) is 24.3 Å². The fourth-order valence-electron chi connectivity index (χ4n) is 2.70. The summed E-state index contributed by atoms with van der Waals surface area (Å²) in [5.74, 6) is 0.875. The summed E-state index contributed by atoms with van der Waals surface area (Å²) in [5, 5.41) is 0. The predicted octanol–water partition coefficient (Wildman–Crippen LogP) is 2.91. The van der Waals surface area contributed by atoms with E-state index in [2.05, 4.69) is 11.8 Å². The summed E-state index contributed by atoms with van der Waals surface area (Å²) in [7, 11) is 0. The molecule has 0 aliphatic carbocycles. The summed E-state index contributed by atoms with van der Waals surface area (Å²) < 4.78 is 5.76. The molecule has 1 aromatic carbocycles. The third-order valence-electron chi connectivity index (χ3n) is 3.73. The lowest BCUT2D eigenvalue weighted by molar-refractivity contribution is 0.120. The molecule has 100 valence electrons. The van der Waals surface area contributed by atoms with Crippen molar-refractivity contribution in [3.05, 3.63) is 24.3 Å². The molecule has 1 heterocycles. The highest BCUT2D eigenvalue weighted by atomic mass is 16.5. The van der Waals surface area contributed by atoms with Gasteiger partial charge in [-0.2, -0.15) is 0 Å². The predicted molar refractivity (Wildman–Crippen MR) is 75.9 cm³/mol. The molecular formula is C15H24N2O. The van der Waals surface area contributed by atoms with Crippen LogP contribution in [0.5, 0.6) is 5.75 Å². The van der Waals surface area contributed by atoms with E-state index < -0.39 is 0 Å². The lowest BCUT2D eigenvalue weighted by Crippen LogP contribution is -2.41. The number of piperidine rings is 1. The van der Waals surface area contributed by atoms with Gasteiger partial charge in [-0.25, -0.2) is 0 Å². The molecule has 0 saturated carbocycles. The number of rotatable bonds is 5. The Morgan fingerprint density at radius 1 is 1.39 bits per heavy atom. The van der Waals surface area contributed by atoms with Crippen molar-refractivity contribution in [2.75, 3.05) is 25.4 Å². The largest absolute Gasteiger partial charge is 0.492 e. The number of nitrogens with two attached hydrogens (primary N) is 1. The monoisotopic (exact) mass is 248 g/mol. The highest BCUT2D eigenvalue weighted by Gasteiger charge is 2.20. The van der Waals surface area contributed by atoms with Crippen LogP contribution in [0.2, 0.25) is 0 Å². The highest BCUT2D eigenvalue weighted by Crippen LogP contribution is 2.19. The molecule has 0 amide bonds. The Balaban J connectivity index is 1.77. The minimum absolute atomic E-state index is 0.750. The summed E-state index contributed by atoms with van der Waals surface area (Å²) >= 11 is 0. The quantitative estimate of drug-likeness (QED) is 0.814. The lowest BCUT2D eigenvalue weighted by Gasteiger charge is -2.34. The van der Waals surface area contributed by atoms with Gasteiger partial charge in [0.15, 0.2) is 0 Å². The SMILES string of the molecule is CCC1CCCCN1CCOc1cccc(N)c1.